The molecule has 0 radical (unpaired) electrons. The summed E-state index contributed by atoms with van der Waals surface area (Å²) in [5.74, 6) is 1.35. The fourth-order valence-corrected chi connectivity index (χ4v) is 9.06. The second kappa shape index (κ2) is 9.88. The molecule has 2 fully saturated rings. The quantitative estimate of drug-likeness (QED) is 0.226. The van der Waals surface area contributed by atoms with Gasteiger partial charge in [0.15, 0.2) is 17.6 Å². The van der Waals surface area contributed by atoms with Crippen LogP contribution in [0, 0.1) is 11.7 Å². The number of pyridine rings is 1. The molecule has 3 aromatic carbocycles. The highest BCUT2D eigenvalue weighted by molar-refractivity contribution is 5.67. The molecule has 1 aromatic heterocycles. The number of fused-ring (bicyclic) bond motifs is 2. The molecule has 44 heavy (non-hydrogen) atoms. The van der Waals surface area contributed by atoms with Crippen molar-refractivity contribution in [3.63, 3.8) is 0 Å². The van der Waals surface area contributed by atoms with Gasteiger partial charge in [0.05, 0.1) is 11.1 Å². The molecule has 0 unspecified atom stereocenters. The zero-order valence-electron chi connectivity index (χ0n) is 24.8. The topological polar surface area (TPSA) is 54.8 Å². The van der Waals surface area contributed by atoms with Gasteiger partial charge in [-0.05, 0) is 97.5 Å². The normalized spacial score (nSPS) is 27.8. The zero-order chi connectivity index (χ0) is 29.5. The largest absolute Gasteiger partial charge is 0.504 e. The minimum absolute atomic E-state index is 0.199. The number of phenols is 1. The van der Waals surface area contributed by atoms with Gasteiger partial charge >= 0.3 is 0 Å². The van der Waals surface area contributed by atoms with Crippen LogP contribution in [0.4, 0.5) is 4.39 Å². The lowest BCUT2D eigenvalue weighted by Crippen LogP contribution is -2.75. The van der Waals surface area contributed by atoms with Crippen LogP contribution in [-0.4, -0.2) is 46.3 Å². The van der Waals surface area contributed by atoms with Crippen molar-refractivity contribution in [3.8, 4) is 22.6 Å². The van der Waals surface area contributed by atoms with E-state index in [2.05, 4.69) is 47.4 Å². The van der Waals surface area contributed by atoms with Crippen LogP contribution in [0.2, 0.25) is 0 Å². The van der Waals surface area contributed by atoms with Crippen LogP contribution >= 0.6 is 0 Å². The van der Waals surface area contributed by atoms with E-state index in [0.29, 0.717) is 12.4 Å². The van der Waals surface area contributed by atoms with Crippen LogP contribution < -0.4 is 4.74 Å². The van der Waals surface area contributed by atoms with Crippen molar-refractivity contribution in [3.05, 3.63) is 113 Å². The lowest BCUT2D eigenvalue weighted by Gasteiger charge is -2.64. The second-order valence-electron chi connectivity index (χ2n) is 13.6. The fraction of sp³-hybridized carbons (Fsp3) is 0.395. The summed E-state index contributed by atoms with van der Waals surface area (Å²) in [5, 5.41) is 11.1. The lowest BCUT2D eigenvalue weighted by atomic mass is 9.48. The summed E-state index contributed by atoms with van der Waals surface area (Å²) in [7, 11) is 0. The number of phenolic OH excluding ortho intramolecular Hbond substituents is 1. The first kappa shape index (κ1) is 26.6. The van der Waals surface area contributed by atoms with E-state index in [4.69, 9.17) is 14.5 Å². The van der Waals surface area contributed by atoms with Crippen molar-refractivity contribution >= 4 is 0 Å². The van der Waals surface area contributed by atoms with Crippen LogP contribution in [0.5, 0.6) is 11.5 Å². The van der Waals surface area contributed by atoms with Gasteiger partial charge in [0.2, 0.25) is 0 Å². The first-order valence-corrected chi connectivity index (χ1v) is 16.2. The van der Waals surface area contributed by atoms with Gasteiger partial charge in [-0.25, -0.2) is 4.39 Å². The molecule has 224 valence electrons. The van der Waals surface area contributed by atoms with Crippen molar-refractivity contribution in [1.82, 2.24) is 9.88 Å². The van der Waals surface area contributed by atoms with E-state index in [9.17, 15) is 9.50 Å². The van der Waals surface area contributed by atoms with E-state index in [1.165, 1.54) is 36.1 Å². The number of aromatic nitrogens is 1. The van der Waals surface area contributed by atoms with E-state index in [0.717, 1.165) is 79.1 Å². The lowest BCUT2D eigenvalue weighted by molar-refractivity contribution is -0.205. The molecule has 3 heterocycles. The highest BCUT2D eigenvalue weighted by Gasteiger charge is 2.73. The van der Waals surface area contributed by atoms with E-state index in [1.54, 1.807) is 0 Å². The Balaban J connectivity index is 1.18. The molecular weight excluding hydrogens is 551 g/mol. The van der Waals surface area contributed by atoms with Crippen LogP contribution in [0.15, 0.2) is 79.0 Å². The molecular formula is C38H37FN2O3. The number of hydrogen-bond donors (Lipinski definition) is 1. The Kier molecular flexibility index (Phi) is 5.98. The Morgan fingerprint density at radius 3 is 2.66 bits per heavy atom. The van der Waals surface area contributed by atoms with Gasteiger partial charge < -0.3 is 14.6 Å². The summed E-state index contributed by atoms with van der Waals surface area (Å²) in [6, 6.07) is 23.6. The van der Waals surface area contributed by atoms with Crippen molar-refractivity contribution in [1.29, 1.82) is 0 Å². The Morgan fingerprint density at radius 2 is 1.84 bits per heavy atom. The summed E-state index contributed by atoms with van der Waals surface area (Å²) >= 11 is 0. The van der Waals surface area contributed by atoms with Crippen molar-refractivity contribution in [2.24, 2.45) is 5.92 Å². The van der Waals surface area contributed by atoms with Gasteiger partial charge in [-0.2, -0.15) is 0 Å². The summed E-state index contributed by atoms with van der Waals surface area (Å²) in [5.41, 5.74) is 6.79. The van der Waals surface area contributed by atoms with Gasteiger partial charge in [-0.15, -0.1) is 0 Å². The molecule has 1 spiro atoms. The number of ether oxygens (including phenoxy) is 2. The number of likely N-dealkylation sites (tertiary alicyclic amines) is 1. The number of aryl methyl sites for hydroxylation is 1. The third-order valence-electron chi connectivity index (χ3n) is 11.2. The number of benzene rings is 3. The predicted octanol–water partition coefficient (Wildman–Crippen LogP) is 6.95. The monoisotopic (exact) mass is 588 g/mol. The Bertz CT molecular complexity index is 1740. The number of rotatable bonds is 8. The molecule has 5 nitrogen and oxygen atoms in total. The number of hydrogen-bond acceptors (Lipinski definition) is 5. The Hall–Kier alpha value is -3.74. The van der Waals surface area contributed by atoms with E-state index in [-0.39, 0.29) is 23.7 Å². The molecule has 4 atom stereocenters. The fourth-order valence-electron chi connectivity index (χ4n) is 9.06. The molecule has 4 aromatic rings. The van der Waals surface area contributed by atoms with Gasteiger partial charge in [-0.3, -0.25) is 9.88 Å². The standard InChI is InChI=1S/C38H37FN2O3/c39-30-13-10-26(11-14-30)29-19-28-21-38(43-18-4-7-24-5-2-1-3-6-24)32-20-27-12-15-31(42)35-33(27)37(38,36(44-35)34(28)40-22-29)16-17-41(32)23-25-8-9-25/h1-3,5-6,10-15,19,22,25,32,36,42H,4,7-9,16-18,20-21,23H2/t32-,36+,37+,38-/m1/s1. The van der Waals surface area contributed by atoms with Gasteiger partial charge in [0.1, 0.15) is 11.4 Å². The third-order valence-corrected chi connectivity index (χ3v) is 11.2. The molecule has 2 bridgehead atoms. The molecule has 1 saturated carbocycles. The molecule has 3 aliphatic carbocycles. The minimum Gasteiger partial charge on any atom is -0.504 e. The minimum atomic E-state index is -0.524. The number of nitrogens with zero attached hydrogens (tertiary/aromatic N) is 2. The van der Waals surface area contributed by atoms with Crippen LogP contribution in [-0.2, 0) is 29.4 Å². The molecule has 6 heteroatoms. The van der Waals surface area contributed by atoms with Gasteiger partial charge in [0, 0.05) is 42.9 Å². The smallest absolute Gasteiger partial charge is 0.166 e. The predicted molar refractivity (Wildman–Crippen MR) is 166 cm³/mol. The number of piperidine rings is 1. The third kappa shape index (κ3) is 3.86. The number of halogens is 1. The van der Waals surface area contributed by atoms with Crippen LogP contribution in [0.3, 0.4) is 0 Å². The van der Waals surface area contributed by atoms with Crippen molar-refractivity contribution < 1.29 is 19.0 Å². The summed E-state index contributed by atoms with van der Waals surface area (Å²) < 4.78 is 28.1. The summed E-state index contributed by atoms with van der Waals surface area (Å²) in [6.45, 7) is 2.76. The molecule has 1 saturated heterocycles. The highest BCUT2D eigenvalue weighted by atomic mass is 19.1. The SMILES string of the molecule is Oc1ccc2c3c1O[C@H]1c4ncc(-c5ccc(F)cc5)cc4C[C@@]4(OCCCc5ccccc5)[C@@H](C2)N(CC2CC2)CC[C@]314. The van der Waals surface area contributed by atoms with Crippen LogP contribution in [0.1, 0.15) is 59.7 Å². The molecule has 9 rings (SSSR count). The maximum Gasteiger partial charge on any atom is 0.166 e. The van der Waals surface area contributed by atoms with Crippen molar-refractivity contribution in [2.45, 2.75) is 68.1 Å². The Morgan fingerprint density at radius 1 is 1.00 bits per heavy atom. The van der Waals surface area contributed by atoms with Gasteiger partial charge in [-0.1, -0.05) is 48.5 Å². The number of aromatic hydroxyl groups is 1. The van der Waals surface area contributed by atoms with E-state index in [1.807, 2.05) is 24.4 Å². The zero-order valence-corrected chi connectivity index (χ0v) is 24.8. The van der Waals surface area contributed by atoms with E-state index < -0.39 is 11.0 Å². The highest BCUT2D eigenvalue weighted by Crippen LogP contribution is 2.69. The first-order valence-electron chi connectivity index (χ1n) is 16.2. The van der Waals surface area contributed by atoms with E-state index >= 15 is 0 Å². The maximum atomic E-state index is 13.8. The molecule has 1 N–H and O–H groups in total. The summed E-state index contributed by atoms with van der Waals surface area (Å²) in [6.07, 6.45) is 8.60. The Labute approximate surface area is 257 Å². The maximum absolute atomic E-state index is 13.8. The average molecular weight is 589 g/mol. The second-order valence-corrected chi connectivity index (χ2v) is 13.6. The average Bonchev–Trinajstić information content (AvgIpc) is 3.79. The molecule has 0 amide bonds. The molecule has 5 aliphatic rings. The first-order chi connectivity index (χ1) is 21.6. The van der Waals surface area contributed by atoms with Crippen molar-refractivity contribution in [2.75, 3.05) is 19.7 Å². The van der Waals surface area contributed by atoms with Crippen LogP contribution in [0.25, 0.3) is 11.1 Å². The molecule has 2 aliphatic heterocycles. The summed E-state index contributed by atoms with van der Waals surface area (Å²) in [4.78, 5) is 7.81. The van der Waals surface area contributed by atoms with Gasteiger partial charge in [0.25, 0.3) is 0 Å².